The van der Waals surface area contributed by atoms with E-state index in [0.717, 1.165) is 16.2 Å². The third-order valence-corrected chi connectivity index (χ3v) is 17.2. The first-order chi connectivity index (χ1) is 21.8. The number of halogens is 7. The van der Waals surface area contributed by atoms with Gasteiger partial charge in [0.15, 0.2) is 0 Å². The summed E-state index contributed by atoms with van der Waals surface area (Å²) in [5.41, 5.74) is -2.19. The van der Waals surface area contributed by atoms with E-state index in [2.05, 4.69) is 20.8 Å². The van der Waals surface area contributed by atoms with Crippen LogP contribution in [-0.2, 0) is 18.5 Å². The molecule has 0 saturated carbocycles. The van der Waals surface area contributed by atoms with Crippen molar-refractivity contribution in [3.8, 4) is 0 Å². The van der Waals surface area contributed by atoms with Crippen molar-refractivity contribution in [2.45, 2.75) is 24.6 Å². The number of hydrogen-bond donors (Lipinski definition) is 1. The van der Waals surface area contributed by atoms with E-state index in [-0.39, 0.29) is 12.2 Å². The molecule has 238 valence electrons. The summed E-state index contributed by atoms with van der Waals surface area (Å²) in [5, 5.41) is 1.21. The molecule has 0 spiro atoms. The first-order valence-corrected chi connectivity index (χ1v) is 18.9. The van der Waals surface area contributed by atoms with E-state index in [1.54, 1.807) is 30.3 Å². The van der Waals surface area contributed by atoms with Crippen LogP contribution in [0.2, 0.25) is 0 Å². The van der Waals surface area contributed by atoms with Gasteiger partial charge < -0.3 is 0 Å². The third-order valence-electron chi connectivity index (χ3n) is 7.97. The van der Waals surface area contributed by atoms with Gasteiger partial charge in [-0.25, -0.2) is 0 Å². The van der Waals surface area contributed by atoms with Gasteiger partial charge in [-0.05, 0) is 0 Å². The van der Waals surface area contributed by atoms with Gasteiger partial charge in [-0.15, -0.1) is 0 Å². The summed E-state index contributed by atoms with van der Waals surface area (Å²) in [5.74, 6) is -1.05. The van der Waals surface area contributed by atoms with Crippen LogP contribution in [0.1, 0.15) is 38.7 Å². The molecule has 46 heavy (non-hydrogen) atoms. The summed E-state index contributed by atoms with van der Waals surface area (Å²) in [6, 6.07) is 38.3. The molecule has 5 aromatic carbocycles. The molecule has 0 bridgehead atoms. The number of carbonyl (C=O) groups excluding carboxylic acids is 1. The van der Waals surface area contributed by atoms with Crippen LogP contribution in [0, 0.1) is 0 Å². The number of nitrogens with one attached hydrogen (secondary N) is 1. The zero-order valence-corrected chi connectivity index (χ0v) is 26.8. The Morgan fingerprint density at radius 1 is 0.630 bits per heavy atom. The van der Waals surface area contributed by atoms with Crippen molar-refractivity contribution >= 4 is 37.3 Å². The van der Waals surface area contributed by atoms with Crippen LogP contribution >= 0.6 is 20.8 Å². The van der Waals surface area contributed by atoms with Gasteiger partial charge in [0.2, 0.25) is 0 Å². The summed E-state index contributed by atoms with van der Waals surface area (Å²) in [6.07, 6.45) is -9.41. The maximum atomic E-state index is 13.8. The number of amides is 1. The molecule has 0 fully saturated rings. The number of alkyl halides is 6. The Balaban J connectivity index is 1.69. The Morgan fingerprint density at radius 2 is 1.04 bits per heavy atom. The van der Waals surface area contributed by atoms with E-state index < -0.39 is 46.3 Å². The fraction of sp³-hybridized carbons (Fsp3) is 0.139. The minimum absolute atomic E-state index is 0.0150. The van der Waals surface area contributed by atoms with Gasteiger partial charge in [-0.2, -0.15) is 0 Å². The molecule has 0 unspecified atom stereocenters. The maximum absolute atomic E-state index is 13.8. The fourth-order valence-electron chi connectivity index (χ4n) is 5.74. The minimum atomic E-state index is -5.09. The van der Waals surface area contributed by atoms with E-state index in [1.807, 2.05) is 91.0 Å². The molecule has 0 aliphatic rings. The van der Waals surface area contributed by atoms with Crippen LogP contribution < -0.4 is 15.9 Å². The molecule has 0 aliphatic heterocycles. The number of carbonyl (C=O) groups is 1. The molecular weight excluding hydrogens is 687 g/mol. The molecule has 1 amide bonds. The topological polar surface area (TPSA) is 29.1 Å². The van der Waals surface area contributed by atoms with Crippen LogP contribution in [0.25, 0.3) is 0 Å². The van der Waals surface area contributed by atoms with Gasteiger partial charge in [-0.3, -0.25) is 0 Å². The Labute approximate surface area is 271 Å². The molecule has 0 heterocycles. The molecule has 5 aromatic rings. The van der Waals surface area contributed by atoms with E-state index in [1.165, 1.54) is 0 Å². The summed E-state index contributed by atoms with van der Waals surface area (Å²) in [4.78, 5) is 13.8. The number of benzene rings is 5. The van der Waals surface area contributed by atoms with Gasteiger partial charge in [0.05, 0.1) is 0 Å². The van der Waals surface area contributed by atoms with Gasteiger partial charge >= 0.3 is 272 Å². The van der Waals surface area contributed by atoms with E-state index in [9.17, 15) is 31.1 Å². The molecule has 0 aromatic heterocycles. The number of rotatable bonds is 9. The van der Waals surface area contributed by atoms with Crippen LogP contribution in [0.4, 0.5) is 26.3 Å². The molecule has 0 saturated heterocycles. The quantitative estimate of drug-likeness (QED) is 0.120. The van der Waals surface area contributed by atoms with E-state index >= 15 is 0 Å². The third kappa shape index (κ3) is 7.21. The average Bonchev–Trinajstić information content (AvgIpc) is 3.05. The Hall–Kier alpha value is -3.94. The van der Waals surface area contributed by atoms with Gasteiger partial charge in [-0.1, -0.05) is 0 Å². The SMILES string of the molecule is O=C(N[C@H](CP(Br)(Cc1ccccc1)(c1ccccc1)c1ccccc1)c1ccccc1)c1cc(C(F)(F)F)cc(C(F)(F)F)c1. The summed E-state index contributed by atoms with van der Waals surface area (Å²) >= 11 is 4.35. The predicted octanol–water partition coefficient (Wildman–Crippen LogP) is 9.91. The molecule has 1 N–H and O–H groups in total. The molecule has 1 atom stereocenters. The molecule has 0 aliphatic carbocycles. The normalized spacial score (nSPS) is 13.8. The van der Waals surface area contributed by atoms with Crippen molar-refractivity contribution in [3.63, 3.8) is 0 Å². The second-order valence-corrected chi connectivity index (χ2v) is 20.7. The van der Waals surface area contributed by atoms with E-state index in [4.69, 9.17) is 0 Å². The molecule has 2 nitrogen and oxygen atoms in total. The Kier molecular flexibility index (Phi) is 9.48. The molecule has 5 rings (SSSR count). The zero-order chi connectivity index (χ0) is 33.0. The molecule has 10 heteroatoms. The van der Waals surface area contributed by atoms with E-state index in [0.29, 0.717) is 23.9 Å². The first kappa shape index (κ1) is 33.4. The summed E-state index contributed by atoms with van der Waals surface area (Å²) in [7, 11) is 0. The summed E-state index contributed by atoms with van der Waals surface area (Å²) in [6.45, 7) is 0. The van der Waals surface area contributed by atoms with Crippen LogP contribution in [0.15, 0.2) is 140 Å². The standard InChI is InChI=1S/C36H29BrF6NOP/c37-46(31-17-9-3-10-18-31,32-19-11-4-12-20-32,24-26-13-5-1-6-14-26)25-33(27-15-7-2-8-16-27)44-34(45)28-21-29(35(38,39)40)23-30(22-28)36(41,42)43/h1-23,33H,24-25H2,(H,44,45)/t33-/m1/s1. The van der Waals surface area contributed by atoms with Gasteiger partial charge in [0, 0.05) is 0 Å². The van der Waals surface area contributed by atoms with Gasteiger partial charge in [0.25, 0.3) is 0 Å². The van der Waals surface area contributed by atoms with Crippen LogP contribution in [0.3, 0.4) is 0 Å². The van der Waals surface area contributed by atoms with Crippen LogP contribution in [-0.4, -0.2) is 12.1 Å². The second kappa shape index (κ2) is 13.0. The average molecular weight is 717 g/mol. The van der Waals surface area contributed by atoms with Crippen molar-refractivity contribution in [1.29, 1.82) is 0 Å². The molecular formula is C36H29BrF6NOP. The van der Waals surface area contributed by atoms with Crippen molar-refractivity contribution in [2.24, 2.45) is 0 Å². The van der Waals surface area contributed by atoms with Gasteiger partial charge in [0.1, 0.15) is 0 Å². The monoisotopic (exact) mass is 715 g/mol. The van der Waals surface area contributed by atoms with Crippen molar-refractivity contribution in [2.75, 3.05) is 6.16 Å². The number of hydrogen-bond acceptors (Lipinski definition) is 1. The van der Waals surface area contributed by atoms with Crippen LogP contribution in [0.5, 0.6) is 0 Å². The second-order valence-electron chi connectivity index (χ2n) is 11.1. The Morgan fingerprint density at radius 3 is 1.48 bits per heavy atom. The van der Waals surface area contributed by atoms with Crippen molar-refractivity contribution in [3.05, 3.63) is 167 Å². The molecule has 0 radical (unpaired) electrons. The summed E-state index contributed by atoms with van der Waals surface area (Å²) < 4.78 is 82.1. The van der Waals surface area contributed by atoms with Crippen molar-refractivity contribution < 1.29 is 31.1 Å². The van der Waals surface area contributed by atoms with Crippen molar-refractivity contribution in [1.82, 2.24) is 5.32 Å². The fourth-order valence-corrected chi connectivity index (χ4v) is 13.9. The Bertz CT molecular complexity index is 1710. The first-order valence-electron chi connectivity index (χ1n) is 14.3. The zero-order valence-electron chi connectivity index (χ0n) is 24.3. The predicted molar refractivity (Wildman–Crippen MR) is 176 cm³/mol.